The highest BCUT2D eigenvalue weighted by Gasteiger charge is 2.31. The lowest BCUT2D eigenvalue weighted by atomic mass is 10.0. The Labute approximate surface area is 91.2 Å². The third-order valence-electron chi connectivity index (χ3n) is 2.17. The molecule has 2 nitrogen and oxygen atoms in total. The first-order chi connectivity index (χ1) is 7.36. The molecule has 3 N–H and O–H groups in total. The zero-order valence-electron chi connectivity index (χ0n) is 8.46. The number of hydrogen-bond donors (Lipinski definition) is 2. The molecule has 0 spiro atoms. The van der Waals surface area contributed by atoms with E-state index in [0.717, 1.165) is 18.2 Å². The van der Waals surface area contributed by atoms with Crippen LogP contribution in [0.4, 0.5) is 13.2 Å². The molecule has 0 aliphatic heterocycles. The number of nitrogens with two attached hydrogens (primary N) is 1. The molecule has 0 saturated heterocycles. The van der Waals surface area contributed by atoms with Gasteiger partial charge in [0.1, 0.15) is 5.75 Å². The van der Waals surface area contributed by atoms with Crippen LogP contribution in [-0.4, -0.2) is 5.11 Å². The summed E-state index contributed by atoms with van der Waals surface area (Å²) in [7, 11) is 0. The molecule has 0 radical (unpaired) electrons. The van der Waals surface area contributed by atoms with E-state index in [1.54, 1.807) is 0 Å². The van der Waals surface area contributed by atoms with Gasteiger partial charge in [-0.15, -0.1) is 6.58 Å². The fourth-order valence-corrected chi connectivity index (χ4v) is 1.33. The van der Waals surface area contributed by atoms with E-state index in [1.807, 2.05) is 0 Å². The Morgan fingerprint density at radius 1 is 1.44 bits per heavy atom. The molecule has 1 aromatic carbocycles. The van der Waals surface area contributed by atoms with Crippen LogP contribution in [-0.2, 0) is 6.18 Å². The third kappa shape index (κ3) is 2.76. The standard InChI is InChI=1S/C11H12F3NO/c1-2-3-9(15)8-6-7(11(12,13)14)4-5-10(8)16/h2,4-6,9,16H,1,3,15H2/t9-/m0/s1. The maximum atomic E-state index is 12.4. The van der Waals surface area contributed by atoms with Crippen molar-refractivity contribution in [2.75, 3.05) is 0 Å². The summed E-state index contributed by atoms with van der Waals surface area (Å²) in [5.41, 5.74) is 4.88. The van der Waals surface area contributed by atoms with E-state index in [4.69, 9.17) is 5.73 Å². The maximum Gasteiger partial charge on any atom is 0.416 e. The number of rotatable bonds is 3. The lowest BCUT2D eigenvalue weighted by molar-refractivity contribution is -0.137. The SMILES string of the molecule is C=CC[C@H](N)c1cc(C(F)(F)F)ccc1O. The van der Waals surface area contributed by atoms with E-state index in [2.05, 4.69) is 6.58 Å². The fourth-order valence-electron chi connectivity index (χ4n) is 1.33. The van der Waals surface area contributed by atoms with E-state index in [1.165, 1.54) is 6.08 Å². The van der Waals surface area contributed by atoms with Gasteiger partial charge >= 0.3 is 6.18 Å². The summed E-state index contributed by atoms with van der Waals surface area (Å²) in [4.78, 5) is 0. The van der Waals surface area contributed by atoms with E-state index in [9.17, 15) is 18.3 Å². The van der Waals surface area contributed by atoms with Gasteiger partial charge in [0, 0.05) is 11.6 Å². The molecule has 1 aromatic rings. The van der Waals surface area contributed by atoms with Gasteiger partial charge in [-0.25, -0.2) is 0 Å². The number of alkyl halides is 3. The Morgan fingerprint density at radius 2 is 2.06 bits per heavy atom. The van der Waals surface area contributed by atoms with Crippen molar-refractivity contribution in [2.45, 2.75) is 18.6 Å². The smallest absolute Gasteiger partial charge is 0.416 e. The zero-order valence-corrected chi connectivity index (χ0v) is 8.46. The van der Waals surface area contributed by atoms with Crippen LogP contribution in [0.25, 0.3) is 0 Å². The summed E-state index contributed by atoms with van der Waals surface area (Å²) in [6, 6.07) is 2.00. The van der Waals surface area contributed by atoms with Crippen molar-refractivity contribution >= 4 is 0 Å². The van der Waals surface area contributed by atoms with Crippen LogP contribution in [0, 0.1) is 0 Å². The highest BCUT2D eigenvalue weighted by atomic mass is 19.4. The highest BCUT2D eigenvalue weighted by Crippen LogP contribution is 2.34. The van der Waals surface area contributed by atoms with Crippen molar-refractivity contribution in [3.05, 3.63) is 42.0 Å². The lowest BCUT2D eigenvalue weighted by Crippen LogP contribution is -2.12. The zero-order chi connectivity index (χ0) is 12.3. The van der Waals surface area contributed by atoms with Crippen molar-refractivity contribution in [1.29, 1.82) is 0 Å². The minimum atomic E-state index is -4.43. The molecule has 0 aromatic heterocycles. The Hall–Kier alpha value is -1.49. The topological polar surface area (TPSA) is 46.2 Å². The first-order valence-corrected chi connectivity index (χ1v) is 4.63. The highest BCUT2D eigenvalue weighted by molar-refractivity contribution is 5.39. The lowest BCUT2D eigenvalue weighted by Gasteiger charge is -2.14. The van der Waals surface area contributed by atoms with Crippen molar-refractivity contribution in [1.82, 2.24) is 0 Å². The van der Waals surface area contributed by atoms with Gasteiger partial charge in [0.05, 0.1) is 5.56 Å². The molecule has 0 aliphatic rings. The summed E-state index contributed by atoms with van der Waals surface area (Å²) in [5, 5.41) is 9.42. The predicted octanol–water partition coefficient (Wildman–Crippen LogP) is 2.99. The van der Waals surface area contributed by atoms with Crippen LogP contribution in [0.5, 0.6) is 5.75 Å². The average Bonchev–Trinajstić information content (AvgIpc) is 2.16. The first kappa shape index (κ1) is 12.6. The number of hydrogen-bond acceptors (Lipinski definition) is 2. The molecule has 0 heterocycles. The first-order valence-electron chi connectivity index (χ1n) is 4.63. The Bertz CT molecular complexity index is 387. The number of phenols is 1. The molecule has 0 saturated carbocycles. The number of phenolic OH excluding ortho intramolecular Hbond substituents is 1. The Kier molecular flexibility index (Phi) is 3.59. The number of aromatic hydroxyl groups is 1. The van der Waals surface area contributed by atoms with Crippen LogP contribution < -0.4 is 5.73 Å². The summed E-state index contributed by atoms with van der Waals surface area (Å²) >= 11 is 0. The molecule has 0 bridgehead atoms. The Morgan fingerprint density at radius 3 is 2.56 bits per heavy atom. The van der Waals surface area contributed by atoms with Crippen LogP contribution in [0.1, 0.15) is 23.6 Å². The normalized spacial score (nSPS) is 13.5. The van der Waals surface area contributed by atoms with Gasteiger partial charge in [-0.1, -0.05) is 6.08 Å². The minimum Gasteiger partial charge on any atom is -0.508 e. The van der Waals surface area contributed by atoms with Crippen molar-refractivity contribution in [3.8, 4) is 5.75 Å². The predicted molar refractivity (Wildman–Crippen MR) is 54.9 cm³/mol. The fraction of sp³-hybridized carbons (Fsp3) is 0.273. The molecule has 16 heavy (non-hydrogen) atoms. The van der Waals surface area contributed by atoms with Crippen molar-refractivity contribution in [3.63, 3.8) is 0 Å². The van der Waals surface area contributed by atoms with Gasteiger partial charge in [0.15, 0.2) is 0 Å². The van der Waals surface area contributed by atoms with Gasteiger partial charge in [-0.3, -0.25) is 0 Å². The molecular weight excluding hydrogens is 219 g/mol. The van der Waals surface area contributed by atoms with Crippen LogP contribution >= 0.6 is 0 Å². The summed E-state index contributed by atoms with van der Waals surface area (Å²) < 4.78 is 37.2. The number of benzene rings is 1. The molecule has 0 aliphatic carbocycles. The van der Waals surface area contributed by atoms with Gasteiger partial charge in [0.2, 0.25) is 0 Å². The maximum absolute atomic E-state index is 12.4. The molecular formula is C11H12F3NO. The van der Waals surface area contributed by atoms with Crippen LogP contribution in [0.2, 0.25) is 0 Å². The molecule has 1 atom stereocenters. The number of halogens is 3. The molecule has 0 fully saturated rings. The van der Waals surface area contributed by atoms with Gasteiger partial charge in [-0.05, 0) is 24.6 Å². The second kappa shape index (κ2) is 4.57. The Balaban J connectivity index is 3.13. The van der Waals surface area contributed by atoms with E-state index >= 15 is 0 Å². The second-order valence-electron chi connectivity index (χ2n) is 3.40. The molecule has 0 unspecified atom stereocenters. The summed E-state index contributed by atoms with van der Waals surface area (Å²) in [5.74, 6) is -0.234. The quantitative estimate of drug-likeness (QED) is 0.785. The van der Waals surface area contributed by atoms with Crippen LogP contribution in [0.3, 0.4) is 0 Å². The minimum absolute atomic E-state index is 0.0784. The van der Waals surface area contributed by atoms with Gasteiger partial charge in [-0.2, -0.15) is 13.2 Å². The molecule has 5 heteroatoms. The summed E-state index contributed by atoms with van der Waals surface area (Å²) in [6.07, 6.45) is -2.64. The van der Waals surface area contributed by atoms with Gasteiger partial charge in [0.25, 0.3) is 0 Å². The third-order valence-corrected chi connectivity index (χ3v) is 2.17. The second-order valence-corrected chi connectivity index (χ2v) is 3.40. The largest absolute Gasteiger partial charge is 0.508 e. The van der Waals surface area contributed by atoms with E-state index in [-0.39, 0.29) is 11.3 Å². The van der Waals surface area contributed by atoms with E-state index in [0.29, 0.717) is 6.42 Å². The monoisotopic (exact) mass is 231 g/mol. The van der Waals surface area contributed by atoms with Crippen molar-refractivity contribution < 1.29 is 18.3 Å². The average molecular weight is 231 g/mol. The van der Waals surface area contributed by atoms with Crippen molar-refractivity contribution in [2.24, 2.45) is 5.73 Å². The molecule has 88 valence electrons. The molecule has 0 amide bonds. The summed E-state index contributed by atoms with van der Waals surface area (Å²) in [6.45, 7) is 3.44. The molecule has 1 rings (SSSR count). The van der Waals surface area contributed by atoms with Crippen LogP contribution in [0.15, 0.2) is 30.9 Å². The van der Waals surface area contributed by atoms with E-state index < -0.39 is 17.8 Å². The van der Waals surface area contributed by atoms with Gasteiger partial charge < -0.3 is 10.8 Å².